The van der Waals surface area contributed by atoms with E-state index in [1.54, 1.807) is 6.92 Å². The van der Waals surface area contributed by atoms with Crippen LogP contribution in [0.25, 0.3) is 0 Å². The van der Waals surface area contributed by atoms with Crippen molar-refractivity contribution < 1.29 is 13.2 Å². The molecule has 0 radical (unpaired) electrons. The summed E-state index contributed by atoms with van der Waals surface area (Å²) in [5.41, 5.74) is 0.464. The van der Waals surface area contributed by atoms with E-state index in [0.29, 0.717) is 11.4 Å². The second-order valence-electron chi connectivity index (χ2n) is 3.69. The standard InChI is InChI=1S/C10H10F3N/c1-6-4-8(10(11,12)13)5-9(14-6)7-2-3-7/h4-5,7H,2-3H2,1H3. The summed E-state index contributed by atoms with van der Waals surface area (Å²) in [7, 11) is 0. The van der Waals surface area contributed by atoms with Crippen molar-refractivity contribution in [2.45, 2.75) is 31.9 Å². The molecule has 0 bridgehead atoms. The van der Waals surface area contributed by atoms with E-state index in [1.807, 2.05) is 0 Å². The summed E-state index contributed by atoms with van der Waals surface area (Å²) in [6.45, 7) is 1.60. The molecule has 1 aromatic heterocycles. The fourth-order valence-electron chi connectivity index (χ4n) is 1.45. The molecule has 0 spiro atoms. The van der Waals surface area contributed by atoms with Gasteiger partial charge in [0.25, 0.3) is 0 Å². The molecule has 1 nitrogen and oxygen atoms in total. The van der Waals surface area contributed by atoms with Gasteiger partial charge in [0.05, 0.1) is 5.56 Å². The van der Waals surface area contributed by atoms with Gasteiger partial charge in [-0.05, 0) is 31.9 Å². The first kappa shape index (κ1) is 9.49. The second-order valence-corrected chi connectivity index (χ2v) is 3.69. The van der Waals surface area contributed by atoms with Crippen molar-refractivity contribution in [2.75, 3.05) is 0 Å². The lowest BCUT2D eigenvalue weighted by Crippen LogP contribution is -2.07. The van der Waals surface area contributed by atoms with Crippen molar-refractivity contribution in [3.63, 3.8) is 0 Å². The third kappa shape index (κ3) is 1.89. The molecule has 0 atom stereocenters. The van der Waals surface area contributed by atoms with Crippen LogP contribution in [-0.2, 0) is 6.18 Å². The van der Waals surface area contributed by atoms with Crippen molar-refractivity contribution in [2.24, 2.45) is 0 Å². The zero-order valence-electron chi connectivity index (χ0n) is 7.73. The number of nitrogens with zero attached hydrogens (tertiary/aromatic N) is 1. The Morgan fingerprint density at radius 1 is 1.29 bits per heavy atom. The Balaban J connectivity index is 2.41. The van der Waals surface area contributed by atoms with Crippen LogP contribution in [0.4, 0.5) is 13.2 Å². The molecule has 0 saturated heterocycles. The number of pyridine rings is 1. The van der Waals surface area contributed by atoms with Crippen LogP contribution in [0, 0.1) is 6.92 Å². The first-order valence-electron chi connectivity index (χ1n) is 4.52. The summed E-state index contributed by atoms with van der Waals surface area (Å²) in [6.07, 6.45) is -2.32. The predicted molar refractivity (Wildman–Crippen MR) is 46.0 cm³/mol. The Bertz CT molecular complexity index is 353. The van der Waals surface area contributed by atoms with Gasteiger partial charge in [-0.3, -0.25) is 4.98 Å². The number of aryl methyl sites for hydroxylation is 1. The fourth-order valence-corrected chi connectivity index (χ4v) is 1.45. The van der Waals surface area contributed by atoms with Gasteiger partial charge in [0.2, 0.25) is 0 Å². The van der Waals surface area contributed by atoms with E-state index < -0.39 is 11.7 Å². The van der Waals surface area contributed by atoms with Gasteiger partial charge in [-0.2, -0.15) is 13.2 Å². The van der Waals surface area contributed by atoms with Gasteiger partial charge in [-0.15, -0.1) is 0 Å². The summed E-state index contributed by atoms with van der Waals surface area (Å²) in [5.74, 6) is 0.260. The highest BCUT2D eigenvalue weighted by atomic mass is 19.4. The van der Waals surface area contributed by atoms with Crippen LogP contribution in [0.2, 0.25) is 0 Å². The van der Waals surface area contributed by atoms with E-state index in [4.69, 9.17) is 0 Å². The van der Waals surface area contributed by atoms with Crippen LogP contribution in [0.15, 0.2) is 12.1 Å². The minimum Gasteiger partial charge on any atom is -0.258 e. The van der Waals surface area contributed by atoms with Gasteiger partial charge < -0.3 is 0 Å². The van der Waals surface area contributed by atoms with Crippen molar-refractivity contribution in [1.82, 2.24) is 4.98 Å². The highest BCUT2D eigenvalue weighted by Crippen LogP contribution is 2.41. The van der Waals surface area contributed by atoms with Crippen LogP contribution < -0.4 is 0 Å². The largest absolute Gasteiger partial charge is 0.416 e. The minimum absolute atomic E-state index is 0.260. The van der Waals surface area contributed by atoms with Gasteiger partial charge in [-0.1, -0.05) is 0 Å². The molecule has 0 N–H and O–H groups in total. The molecular formula is C10H10F3N. The average molecular weight is 201 g/mol. The predicted octanol–water partition coefficient (Wildman–Crippen LogP) is 3.29. The van der Waals surface area contributed by atoms with Crippen LogP contribution in [0.3, 0.4) is 0 Å². The van der Waals surface area contributed by atoms with Gasteiger partial charge in [0, 0.05) is 17.3 Å². The highest BCUT2D eigenvalue weighted by molar-refractivity contribution is 5.27. The summed E-state index contributed by atoms with van der Waals surface area (Å²) < 4.78 is 37.2. The van der Waals surface area contributed by atoms with Crippen molar-refractivity contribution in [3.05, 3.63) is 29.1 Å². The molecule has 1 saturated carbocycles. The van der Waals surface area contributed by atoms with E-state index in [1.165, 1.54) is 6.07 Å². The molecule has 4 heteroatoms. The van der Waals surface area contributed by atoms with E-state index in [0.717, 1.165) is 18.9 Å². The van der Waals surface area contributed by atoms with Gasteiger partial charge >= 0.3 is 6.18 Å². The Labute approximate surface area is 80.0 Å². The van der Waals surface area contributed by atoms with Crippen LogP contribution in [0.5, 0.6) is 0 Å². The molecule has 0 unspecified atom stereocenters. The monoisotopic (exact) mass is 201 g/mol. The zero-order chi connectivity index (χ0) is 10.3. The van der Waals surface area contributed by atoms with Gasteiger partial charge in [0.1, 0.15) is 0 Å². The van der Waals surface area contributed by atoms with Crippen molar-refractivity contribution in [3.8, 4) is 0 Å². The second kappa shape index (κ2) is 2.97. The third-order valence-electron chi connectivity index (χ3n) is 2.30. The summed E-state index contributed by atoms with van der Waals surface area (Å²) in [6, 6.07) is 2.26. The molecule has 0 aromatic carbocycles. The number of hydrogen-bond acceptors (Lipinski definition) is 1. The number of alkyl halides is 3. The Hall–Kier alpha value is -1.06. The maximum absolute atomic E-state index is 12.4. The maximum Gasteiger partial charge on any atom is 0.416 e. The van der Waals surface area contributed by atoms with Crippen LogP contribution in [0.1, 0.15) is 35.7 Å². The normalized spacial score (nSPS) is 17.1. The van der Waals surface area contributed by atoms with Gasteiger partial charge in [0.15, 0.2) is 0 Å². The third-order valence-corrected chi connectivity index (χ3v) is 2.30. The number of hydrogen-bond donors (Lipinski definition) is 0. The first-order valence-corrected chi connectivity index (χ1v) is 4.52. The molecular weight excluding hydrogens is 191 g/mol. The lowest BCUT2D eigenvalue weighted by molar-refractivity contribution is -0.137. The summed E-state index contributed by atoms with van der Waals surface area (Å²) in [4.78, 5) is 4.11. The highest BCUT2D eigenvalue weighted by Gasteiger charge is 2.33. The minimum atomic E-state index is -4.25. The average Bonchev–Trinajstić information content (AvgIpc) is 2.83. The Morgan fingerprint density at radius 2 is 1.93 bits per heavy atom. The van der Waals surface area contributed by atoms with Crippen LogP contribution >= 0.6 is 0 Å². The van der Waals surface area contributed by atoms with E-state index in [2.05, 4.69) is 4.98 Å². The topological polar surface area (TPSA) is 12.9 Å². The van der Waals surface area contributed by atoms with Gasteiger partial charge in [-0.25, -0.2) is 0 Å². The fraction of sp³-hybridized carbons (Fsp3) is 0.500. The molecule has 1 aliphatic carbocycles. The smallest absolute Gasteiger partial charge is 0.258 e. The Kier molecular flexibility index (Phi) is 2.01. The maximum atomic E-state index is 12.4. The molecule has 2 rings (SSSR count). The quantitative estimate of drug-likeness (QED) is 0.679. The summed E-state index contributed by atoms with van der Waals surface area (Å²) >= 11 is 0. The molecule has 1 aliphatic rings. The van der Waals surface area contributed by atoms with E-state index >= 15 is 0 Å². The molecule has 76 valence electrons. The molecule has 1 heterocycles. The van der Waals surface area contributed by atoms with Crippen molar-refractivity contribution in [1.29, 1.82) is 0 Å². The zero-order valence-corrected chi connectivity index (χ0v) is 7.73. The van der Waals surface area contributed by atoms with E-state index in [-0.39, 0.29) is 5.92 Å². The summed E-state index contributed by atoms with van der Waals surface area (Å²) in [5, 5.41) is 0. The molecule has 1 fully saturated rings. The van der Waals surface area contributed by atoms with E-state index in [9.17, 15) is 13.2 Å². The van der Waals surface area contributed by atoms with Crippen LogP contribution in [-0.4, -0.2) is 4.98 Å². The molecule has 0 amide bonds. The molecule has 0 aliphatic heterocycles. The number of rotatable bonds is 1. The molecule has 1 aromatic rings. The lowest BCUT2D eigenvalue weighted by Gasteiger charge is -2.09. The first-order chi connectivity index (χ1) is 6.47. The van der Waals surface area contributed by atoms with Crippen molar-refractivity contribution >= 4 is 0 Å². The molecule has 14 heavy (non-hydrogen) atoms. The lowest BCUT2D eigenvalue weighted by atomic mass is 10.1. The number of aromatic nitrogens is 1. The Morgan fingerprint density at radius 3 is 2.43 bits per heavy atom. The SMILES string of the molecule is Cc1cc(C(F)(F)F)cc(C2CC2)n1. The number of halogens is 3.